The third kappa shape index (κ3) is 0.334. The molecular weight excluding hydrogens is 433 g/mol. The SMILES string of the molecule is CCCCP(CCCC)[C]12[CH]3[CH]4[CH]5[C]1(P(CCCC)CCCC)[Ni]43521678[CH]2[CH]1[CH]6[CH]7[CH]28. The van der Waals surface area contributed by atoms with Crippen LogP contribution in [0.15, 0.2) is 0 Å². The van der Waals surface area contributed by atoms with E-state index >= 15 is 0 Å². The van der Waals surface area contributed by atoms with Crippen molar-refractivity contribution < 1.29 is 6.23 Å². The minimum atomic E-state index is -2.96. The van der Waals surface area contributed by atoms with Crippen molar-refractivity contribution in [2.45, 2.75) is 126 Å². The molecule has 10 fully saturated rings. The molecule has 168 valence electrons. The third-order valence-corrected chi connectivity index (χ3v) is 70.0. The molecule has 3 heteroatoms. The van der Waals surface area contributed by atoms with Gasteiger partial charge in [0.1, 0.15) is 0 Å². The Hall–Kier alpha value is 1.35. The summed E-state index contributed by atoms with van der Waals surface area (Å²) >= 11 is 0. The van der Waals surface area contributed by atoms with Crippen LogP contribution in [0.1, 0.15) is 79.1 Å². The van der Waals surface area contributed by atoms with E-state index < -0.39 is 6.23 Å². The van der Waals surface area contributed by atoms with Crippen LogP contribution in [-0.2, 0) is 6.23 Å². The van der Waals surface area contributed by atoms with Crippen molar-refractivity contribution in [1.29, 1.82) is 0 Å². The van der Waals surface area contributed by atoms with Gasteiger partial charge in [-0.15, -0.1) is 0 Å². The van der Waals surface area contributed by atoms with E-state index in [-0.39, 0.29) is 0 Å². The van der Waals surface area contributed by atoms with Crippen LogP contribution in [-0.4, -0.2) is 32.9 Å². The van der Waals surface area contributed by atoms with E-state index in [1.165, 1.54) is 73.0 Å². The van der Waals surface area contributed by atoms with Crippen LogP contribution >= 0.6 is 15.8 Å². The molecule has 1 spiro atoms. The summed E-state index contributed by atoms with van der Waals surface area (Å²) in [4.78, 5) is 12.2. The molecule has 0 aromatic heterocycles. The quantitative estimate of drug-likeness (QED) is 0.173. The maximum absolute atomic E-state index is 2.96. The first kappa shape index (κ1) is 16.9. The minimum absolute atomic E-state index is 0.410. The molecule has 0 bridgehead atoms. The van der Waals surface area contributed by atoms with Gasteiger partial charge in [-0.25, -0.2) is 0 Å². The molecule has 0 saturated carbocycles. The van der Waals surface area contributed by atoms with Gasteiger partial charge in [0.25, 0.3) is 0 Å². The summed E-state index contributed by atoms with van der Waals surface area (Å²) < 4.78 is 2.42. The maximum atomic E-state index is 2.48. The van der Waals surface area contributed by atoms with Crippen LogP contribution in [0, 0.1) is 0 Å². The van der Waals surface area contributed by atoms with Gasteiger partial charge in [-0.05, 0) is 0 Å². The van der Waals surface area contributed by atoms with Crippen LogP contribution in [0.3, 0.4) is 0 Å². The standard InChI is InChI=1S/C21H39P2.C5H5.Ni/c1-5-9-16-22(17-10-6-2)20-14-13-15-21(20)23(18-11-7-3)19-12-8-4;1-2-4-5-3-1;/h13-15H,5-12,16-19H2,1-4H3;1-5H;. The van der Waals surface area contributed by atoms with Crippen molar-refractivity contribution in [3.05, 3.63) is 0 Å². The van der Waals surface area contributed by atoms with E-state index in [1.807, 2.05) is 0 Å². The van der Waals surface area contributed by atoms with Crippen LogP contribution in [0.25, 0.3) is 0 Å². The van der Waals surface area contributed by atoms with Gasteiger partial charge in [0, 0.05) is 0 Å². The summed E-state index contributed by atoms with van der Waals surface area (Å²) in [5.41, 5.74) is 0. The fraction of sp³-hybridized carbons (Fsp3) is 1.00. The molecule has 0 nitrogen and oxygen atoms in total. The number of fused-ring (bicyclic) bond motifs is 10. The fourth-order valence-corrected chi connectivity index (χ4v) is 115. The first-order valence-corrected chi connectivity index (χ1v) is 22.5. The molecule has 0 N–H and O–H groups in total. The number of hydrogen-bond donors (Lipinski definition) is 0. The van der Waals surface area contributed by atoms with Crippen LogP contribution in [0.5, 0.6) is 0 Å². The molecule has 29 heavy (non-hydrogen) atoms. The van der Waals surface area contributed by atoms with Gasteiger partial charge in [0.15, 0.2) is 0 Å². The summed E-state index contributed by atoms with van der Waals surface area (Å²) in [5, 5.41) is 0. The molecule has 10 aliphatic heterocycles. The molecule has 10 rings (SSSR count). The van der Waals surface area contributed by atoms with Crippen molar-refractivity contribution >= 4 is 15.8 Å². The molecule has 10 aliphatic rings. The van der Waals surface area contributed by atoms with Gasteiger partial charge in [-0.3, -0.25) is 0 Å². The van der Waals surface area contributed by atoms with Crippen molar-refractivity contribution in [2.24, 2.45) is 0 Å². The second-order valence-corrected chi connectivity index (χ2v) is 41.1. The molecule has 0 aromatic rings. The Morgan fingerprint density at radius 2 is 0.828 bits per heavy atom. The average molecular weight is 477 g/mol. The Morgan fingerprint density at radius 3 is 1.03 bits per heavy atom. The third-order valence-electron chi connectivity index (χ3n) is 17.3. The van der Waals surface area contributed by atoms with Crippen LogP contribution < -0.4 is 0 Å². The van der Waals surface area contributed by atoms with Crippen LogP contribution in [0.2, 0.25) is 39.1 Å². The number of unbranched alkanes of at least 4 members (excludes halogenated alkanes) is 4. The molecular formula is C26H44NiP2. The van der Waals surface area contributed by atoms with E-state index in [2.05, 4.69) is 27.7 Å². The normalized spacial score (nSPS) is 77.9. The van der Waals surface area contributed by atoms with Crippen molar-refractivity contribution in [3.8, 4) is 0 Å². The van der Waals surface area contributed by atoms with Crippen molar-refractivity contribution in [2.75, 3.05) is 24.6 Å². The zero-order valence-corrected chi connectivity index (χ0v) is 22.1. The van der Waals surface area contributed by atoms with E-state index in [0.29, 0.717) is 15.8 Å². The Labute approximate surface area is 172 Å². The number of rotatable bonds is 14. The Balaban J connectivity index is 1.19. The summed E-state index contributed by atoms with van der Waals surface area (Å²) in [5.74, 6) is 0. The molecule has 0 radical (unpaired) electrons. The van der Waals surface area contributed by atoms with Crippen molar-refractivity contribution in [1.82, 2.24) is 0 Å². The number of hydrogen-bond acceptors (Lipinski definition) is 0. The van der Waals surface area contributed by atoms with E-state index in [4.69, 9.17) is 0 Å². The van der Waals surface area contributed by atoms with Crippen molar-refractivity contribution in [3.63, 3.8) is 0 Å². The van der Waals surface area contributed by atoms with Gasteiger partial charge in [0.2, 0.25) is 0 Å². The second-order valence-electron chi connectivity index (χ2n) is 14.3. The monoisotopic (exact) mass is 476 g/mol. The van der Waals surface area contributed by atoms with Gasteiger partial charge in [0.05, 0.1) is 0 Å². The molecule has 10 heterocycles. The second kappa shape index (κ2) is 2.34. The first-order valence-electron chi connectivity index (χ1n) is 13.5. The van der Waals surface area contributed by atoms with Crippen LogP contribution in [0.4, 0.5) is 0 Å². The van der Waals surface area contributed by atoms with E-state index in [0.717, 1.165) is 0 Å². The molecule has 0 aliphatic carbocycles. The predicted octanol–water partition coefficient (Wildman–Crippen LogP) is 9.36. The summed E-state index contributed by atoms with van der Waals surface area (Å²) in [6.45, 7) is 9.93. The summed E-state index contributed by atoms with van der Waals surface area (Å²) in [6, 6.07) is 0. The topological polar surface area (TPSA) is 0 Å². The van der Waals surface area contributed by atoms with E-state index in [9.17, 15) is 0 Å². The first-order chi connectivity index (χ1) is 14.0. The van der Waals surface area contributed by atoms with Gasteiger partial charge < -0.3 is 0 Å². The molecule has 4 atom stereocenters. The molecule has 4 unspecified atom stereocenters. The van der Waals surface area contributed by atoms with Gasteiger partial charge in [-0.2, -0.15) is 0 Å². The van der Waals surface area contributed by atoms with Gasteiger partial charge >= 0.3 is 173 Å². The van der Waals surface area contributed by atoms with E-state index in [1.54, 1.807) is 50.3 Å². The average Bonchev–Trinajstić information content (AvgIpc) is 3.67. The summed E-state index contributed by atoms with van der Waals surface area (Å²) in [7, 11) is 0.820. The molecule has 0 amide bonds. The fourth-order valence-electron chi connectivity index (χ4n) is 18.4. The Morgan fingerprint density at radius 1 is 0.517 bits per heavy atom. The predicted molar refractivity (Wildman–Crippen MR) is 128 cm³/mol. The Bertz CT molecular complexity index is 1080. The molecule has 10 saturated heterocycles. The zero-order chi connectivity index (χ0) is 19.6. The Kier molecular flexibility index (Phi) is 1.36. The zero-order valence-electron chi connectivity index (χ0n) is 19.3. The molecule has 0 aromatic carbocycles. The van der Waals surface area contributed by atoms with Gasteiger partial charge in [-0.1, -0.05) is 0 Å². The summed E-state index contributed by atoms with van der Waals surface area (Å²) in [6.07, 6.45) is 16.3.